The molecule has 1 aromatic heterocycles. The van der Waals surface area contributed by atoms with Crippen molar-refractivity contribution in [2.45, 2.75) is 26.2 Å². The van der Waals surface area contributed by atoms with Crippen molar-refractivity contribution in [2.75, 3.05) is 6.54 Å². The molecule has 0 bridgehead atoms. The third-order valence-electron chi connectivity index (χ3n) is 3.52. The molecule has 0 fully saturated rings. The van der Waals surface area contributed by atoms with Gasteiger partial charge in [-0.25, -0.2) is 4.79 Å². The SMILES string of the molecule is NCc1cc2n(n1)CCN(C(=O)OCc1ccccc1)C2. The van der Waals surface area contributed by atoms with Crippen LogP contribution in [0, 0.1) is 0 Å². The maximum atomic E-state index is 12.1. The Morgan fingerprint density at radius 1 is 1.29 bits per heavy atom. The number of hydrogen-bond donors (Lipinski definition) is 1. The second kappa shape index (κ2) is 5.97. The summed E-state index contributed by atoms with van der Waals surface area (Å²) in [7, 11) is 0. The van der Waals surface area contributed by atoms with Gasteiger partial charge in [0, 0.05) is 13.1 Å². The Kier molecular flexibility index (Phi) is 3.87. The molecule has 2 heterocycles. The third-order valence-corrected chi connectivity index (χ3v) is 3.52. The van der Waals surface area contributed by atoms with Crippen molar-refractivity contribution < 1.29 is 9.53 Å². The van der Waals surface area contributed by atoms with Gasteiger partial charge in [0.1, 0.15) is 6.61 Å². The van der Waals surface area contributed by atoms with Gasteiger partial charge in [0.15, 0.2) is 0 Å². The molecule has 2 aromatic rings. The Balaban J connectivity index is 1.59. The molecule has 0 aliphatic carbocycles. The van der Waals surface area contributed by atoms with E-state index in [1.165, 1.54) is 0 Å². The molecule has 0 radical (unpaired) electrons. The molecular formula is C15H18N4O2. The van der Waals surface area contributed by atoms with Crippen molar-refractivity contribution >= 4 is 6.09 Å². The first-order chi connectivity index (χ1) is 10.3. The van der Waals surface area contributed by atoms with Crippen LogP contribution < -0.4 is 5.73 Å². The summed E-state index contributed by atoms with van der Waals surface area (Å²) in [4.78, 5) is 13.8. The highest BCUT2D eigenvalue weighted by Crippen LogP contribution is 2.15. The van der Waals surface area contributed by atoms with E-state index in [9.17, 15) is 4.79 Å². The fourth-order valence-electron chi connectivity index (χ4n) is 2.39. The standard InChI is InChI=1S/C15H18N4O2/c16-9-13-8-14-10-18(6-7-19(14)17-13)15(20)21-11-12-4-2-1-3-5-12/h1-5,8H,6-7,9-11,16H2. The number of rotatable bonds is 3. The second-order valence-corrected chi connectivity index (χ2v) is 5.02. The van der Waals surface area contributed by atoms with Crippen LogP contribution in [-0.2, 0) is 31.0 Å². The van der Waals surface area contributed by atoms with Gasteiger partial charge in [0.05, 0.1) is 24.5 Å². The lowest BCUT2D eigenvalue weighted by Gasteiger charge is -2.26. The molecule has 0 atom stereocenters. The molecule has 0 spiro atoms. The van der Waals surface area contributed by atoms with Crippen LogP contribution in [0.2, 0.25) is 0 Å². The van der Waals surface area contributed by atoms with Crippen LogP contribution >= 0.6 is 0 Å². The molecular weight excluding hydrogens is 268 g/mol. The van der Waals surface area contributed by atoms with Crippen LogP contribution in [0.4, 0.5) is 4.79 Å². The number of fused-ring (bicyclic) bond motifs is 1. The summed E-state index contributed by atoms with van der Waals surface area (Å²) in [5, 5.41) is 4.37. The van der Waals surface area contributed by atoms with Gasteiger partial charge >= 0.3 is 6.09 Å². The van der Waals surface area contributed by atoms with Gasteiger partial charge < -0.3 is 15.4 Å². The highest BCUT2D eigenvalue weighted by Gasteiger charge is 2.23. The van der Waals surface area contributed by atoms with Crippen LogP contribution in [0.3, 0.4) is 0 Å². The summed E-state index contributed by atoms with van der Waals surface area (Å²) < 4.78 is 7.25. The van der Waals surface area contributed by atoms with Crippen molar-refractivity contribution in [3.63, 3.8) is 0 Å². The molecule has 2 N–H and O–H groups in total. The van der Waals surface area contributed by atoms with Gasteiger partial charge in [-0.3, -0.25) is 4.68 Å². The average molecular weight is 286 g/mol. The van der Waals surface area contributed by atoms with E-state index >= 15 is 0 Å². The van der Waals surface area contributed by atoms with E-state index in [2.05, 4.69) is 5.10 Å². The fourth-order valence-corrected chi connectivity index (χ4v) is 2.39. The average Bonchev–Trinajstić information content (AvgIpc) is 2.95. The van der Waals surface area contributed by atoms with Gasteiger partial charge in [-0.2, -0.15) is 5.10 Å². The first-order valence-electron chi connectivity index (χ1n) is 6.97. The lowest BCUT2D eigenvalue weighted by atomic mass is 10.2. The van der Waals surface area contributed by atoms with E-state index < -0.39 is 0 Å². The minimum atomic E-state index is -0.291. The van der Waals surface area contributed by atoms with Crippen molar-refractivity contribution in [3.8, 4) is 0 Å². The van der Waals surface area contributed by atoms with E-state index in [1.54, 1.807) is 4.90 Å². The molecule has 0 saturated heterocycles. The first-order valence-corrected chi connectivity index (χ1v) is 6.97. The number of carbonyl (C=O) groups excluding carboxylic acids is 1. The van der Waals surface area contributed by atoms with E-state index in [0.29, 0.717) is 32.8 Å². The first kappa shape index (κ1) is 13.6. The number of hydrogen-bond acceptors (Lipinski definition) is 4. The van der Waals surface area contributed by atoms with Gasteiger partial charge in [-0.1, -0.05) is 30.3 Å². The number of benzene rings is 1. The second-order valence-electron chi connectivity index (χ2n) is 5.02. The predicted octanol–water partition coefficient (Wildman–Crippen LogP) is 1.49. The zero-order chi connectivity index (χ0) is 14.7. The topological polar surface area (TPSA) is 73.4 Å². The summed E-state index contributed by atoms with van der Waals surface area (Å²) >= 11 is 0. The molecule has 1 aliphatic rings. The van der Waals surface area contributed by atoms with Crippen molar-refractivity contribution in [3.05, 3.63) is 53.3 Å². The van der Waals surface area contributed by atoms with Crippen LogP contribution in [-0.4, -0.2) is 27.3 Å². The number of nitrogens with two attached hydrogens (primary N) is 1. The Labute approximate surface area is 123 Å². The fraction of sp³-hybridized carbons (Fsp3) is 0.333. The summed E-state index contributed by atoms with van der Waals surface area (Å²) in [6.45, 7) is 2.50. The maximum Gasteiger partial charge on any atom is 0.410 e. The lowest BCUT2D eigenvalue weighted by Crippen LogP contribution is -2.38. The maximum absolute atomic E-state index is 12.1. The zero-order valence-corrected chi connectivity index (χ0v) is 11.7. The third kappa shape index (κ3) is 3.05. The number of amides is 1. The smallest absolute Gasteiger partial charge is 0.410 e. The molecule has 6 heteroatoms. The van der Waals surface area contributed by atoms with Crippen LogP contribution in [0.15, 0.2) is 36.4 Å². The molecule has 0 unspecified atom stereocenters. The van der Waals surface area contributed by atoms with E-state index in [1.807, 2.05) is 41.1 Å². The highest BCUT2D eigenvalue weighted by atomic mass is 16.6. The molecule has 1 amide bonds. The highest BCUT2D eigenvalue weighted by molar-refractivity contribution is 5.67. The Morgan fingerprint density at radius 3 is 2.86 bits per heavy atom. The van der Waals surface area contributed by atoms with Gasteiger partial charge in [-0.05, 0) is 11.6 Å². The van der Waals surface area contributed by atoms with Gasteiger partial charge in [0.2, 0.25) is 0 Å². The van der Waals surface area contributed by atoms with Crippen molar-refractivity contribution in [2.24, 2.45) is 5.73 Å². The zero-order valence-electron chi connectivity index (χ0n) is 11.7. The summed E-state index contributed by atoms with van der Waals surface area (Å²) in [6.07, 6.45) is -0.291. The largest absolute Gasteiger partial charge is 0.445 e. The predicted molar refractivity (Wildman–Crippen MR) is 77.2 cm³/mol. The molecule has 6 nitrogen and oxygen atoms in total. The molecule has 1 aromatic carbocycles. The molecule has 0 saturated carbocycles. The van der Waals surface area contributed by atoms with E-state index in [-0.39, 0.29) is 6.09 Å². The molecule has 110 valence electrons. The summed E-state index contributed by atoms with van der Waals surface area (Å²) in [5.41, 5.74) is 8.42. The van der Waals surface area contributed by atoms with Crippen LogP contribution in [0.1, 0.15) is 17.0 Å². The molecule has 3 rings (SSSR count). The number of carbonyl (C=O) groups is 1. The Bertz CT molecular complexity index is 624. The lowest BCUT2D eigenvalue weighted by molar-refractivity contribution is 0.0858. The minimum Gasteiger partial charge on any atom is -0.445 e. The summed E-state index contributed by atoms with van der Waals surface area (Å²) in [6, 6.07) is 11.6. The van der Waals surface area contributed by atoms with Gasteiger partial charge in [-0.15, -0.1) is 0 Å². The number of ether oxygens (including phenoxy) is 1. The van der Waals surface area contributed by atoms with Crippen LogP contribution in [0.5, 0.6) is 0 Å². The van der Waals surface area contributed by atoms with E-state index in [0.717, 1.165) is 17.0 Å². The van der Waals surface area contributed by atoms with Crippen molar-refractivity contribution in [1.29, 1.82) is 0 Å². The minimum absolute atomic E-state index is 0.291. The molecule has 21 heavy (non-hydrogen) atoms. The number of nitrogens with zero attached hydrogens (tertiary/aromatic N) is 3. The number of aromatic nitrogens is 2. The normalized spacial score (nSPS) is 13.9. The summed E-state index contributed by atoms with van der Waals surface area (Å²) in [5.74, 6) is 0. The quantitative estimate of drug-likeness (QED) is 0.928. The molecule has 1 aliphatic heterocycles. The van der Waals surface area contributed by atoms with E-state index in [4.69, 9.17) is 10.5 Å². The Morgan fingerprint density at radius 2 is 2.10 bits per heavy atom. The van der Waals surface area contributed by atoms with Crippen LogP contribution in [0.25, 0.3) is 0 Å². The van der Waals surface area contributed by atoms with Crippen molar-refractivity contribution in [1.82, 2.24) is 14.7 Å². The monoisotopic (exact) mass is 286 g/mol. The Hall–Kier alpha value is -2.34. The van der Waals surface area contributed by atoms with Gasteiger partial charge in [0.25, 0.3) is 0 Å².